The molecule has 0 aromatic carbocycles. The summed E-state index contributed by atoms with van der Waals surface area (Å²) < 4.78 is 0. The van der Waals surface area contributed by atoms with Gasteiger partial charge >= 0.3 is 0 Å². The fraction of sp³-hybridized carbons (Fsp3) is 0. The summed E-state index contributed by atoms with van der Waals surface area (Å²) in [5.41, 5.74) is 0. The minimum absolute atomic E-state index is 0. The van der Waals surface area contributed by atoms with Crippen molar-refractivity contribution in [3.63, 3.8) is 0 Å². The van der Waals surface area contributed by atoms with Crippen molar-refractivity contribution < 1.29 is 16.5 Å². The molecule has 0 radical (unpaired) electrons. The molecule has 0 fully saturated rings. The molecule has 0 aliphatic rings. The molecular formula is C3H4N2Ni. The van der Waals surface area contributed by atoms with E-state index in [2.05, 4.69) is 9.97 Å². The summed E-state index contributed by atoms with van der Waals surface area (Å²) in [6.07, 6.45) is 5.08. The Morgan fingerprint density at radius 2 is 2.33 bits per heavy atom. The summed E-state index contributed by atoms with van der Waals surface area (Å²) in [5, 5.41) is 0. The largest absolute Gasteiger partial charge is 0.351 e. The molecule has 2 nitrogen and oxygen atoms in total. The van der Waals surface area contributed by atoms with Gasteiger partial charge in [-0.25, -0.2) is 4.98 Å². The summed E-state index contributed by atoms with van der Waals surface area (Å²) in [5.74, 6) is 0. The summed E-state index contributed by atoms with van der Waals surface area (Å²) in [7, 11) is 0. The van der Waals surface area contributed by atoms with Gasteiger partial charge in [-0.05, 0) is 0 Å². The number of H-pyrrole nitrogens is 1. The number of nitrogens with one attached hydrogen (secondary N) is 1. The molecule has 0 bridgehead atoms. The monoisotopic (exact) mass is 126 g/mol. The number of hydrogen-bond acceptors (Lipinski definition) is 1. The van der Waals surface area contributed by atoms with Crippen LogP contribution in [-0.2, 0) is 16.5 Å². The van der Waals surface area contributed by atoms with Gasteiger partial charge in [-0.15, -0.1) is 0 Å². The molecule has 1 rings (SSSR count). The van der Waals surface area contributed by atoms with E-state index in [4.69, 9.17) is 0 Å². The molecule has 1 N–H and O–H groups in total. The molecule has 0 aliphatic heterocycles. The number of imidazole rings is 1. The van der Waals surface area contributed by atoms with Gasteiger partial charge in [0.25, 0.3) is 0 Å². The van der Waals surface area contributed by atoms with Gasteiger partial charge in [0.2, 0.25) is 0 Å². The third-order valence-corrected chi connectivity index (χ3v) is 0.406. The minimum atomic E-state index is 0. The smallest absolute Gasteiger partial charge is 0.0919 e. The van der Waals surface area contributed by atoms with Gasteiger partial charge in [-0.2, -0.15) is 0 Å². The van der Waals surface area contributed by atoms with Gasteiger partial charge in [-0.1, -0.05) is 0 Å². The molecule has 0 amide bonds. The molecule has 0 aliphatic carbocycles. The van der Waals surface area contributed by atoms with Crippen LogP contribution in [0.4, 0.5) is 0 Å². The molecule has 6 heavy (non-hydrogen) atoms. The van der Waals surface area contributed by atoms with Crippen LogP contribution in [0.3, 0.4) is 0 Å². The normalized spacial score (nSPS) is 6.67. The summed E-state index contributed by atoms with van der Waals surface area (Å²) in [4.78, 5) is 6.42. The van der Waals surface area contributed by atoms with Crippen molar-refractivity contribution in [2.45, 2.75) is 0 Å². The van der Waals surface area contributed by atoms with E-state index in [-0.39, 0.29) is 16.5 Å². The van der Waals surface area contributed by atoms with Crippen molar-refractivity contribution >= 4 is 0 Å². The molecular weight excluding hydrogens is 123 g/mol. The van der Waals surface area contributed by atoms with E-state index >= 15 is 0 Å². The van der Waals surface area contributed by atoms with E-state index in [1.165, 1.54) is 0 Å². The Balaban J connectivity index is 0.000000250. The third kappa shape index (κ3) is 1.22. The van der Waals surface area contributed by atoms with Crippen LogP contribution in [0.5, 0.6) is 0 Å². The zero-order chi connectivity index (χ0) is 3.54. The number of hydrogen-bond donors (Lipinski definition) is 1. The van der Waals surface area contributed by atoms with Crippen LogP contribution < -0.4 is 0 Å². The Morgan fingerprint density at radius 3 is 2.50 bits per heavy atom. The second-order valence-electron chi connectivity index (χ2n) is 0.761. The van der Waals surface area contributed by atoms with E-state index in [0.29, 0.717) is 0 Å². The number of aromatic nitrogens is 2. The van der Waals surface area contributed by atoms with Crippen LogP contribution in [0.1, 0.15) is 0 Å². The maximum atomic E-state index is 3.67. The Hall–Kier alpha value is -0.296. The van der Waals surface area contributed by atoms with Crippen LogP contribution >= 0.6 is 0 Å². The average Bonchev–Trinajstić information content (AvgIpc) is 1.76. The maximum absolute atomic E-state index is 3.67. The van der Waals surface area contributed by atoms with Crippen molar-refractivity contribution in [1.82, 2.24) is 9.97 Å². The van der Waals surface area contributed by atoms with Crippen LogP contribution in [0.25, 0.3) is 0 Å². The van der Waals surface area contributed by atoms with Crippen molar-refractivity contribution in [1.29, 1.82) is 0 Å². The summed E-state index contributed by atoms with van der Waals surface area (Å²) in [6, 6.07) is 0. The van der Waals surface area contributed by atoms with Crippen molar-refractivity contribution in [3.05, 3.63) is 18.7 Å². The quantitative estimate of drug-likeness (QED) is 0.502. The molecule has 1 aromatic rings. The molecule has 1 aromatic heterocycles. The van der Waals surface area contributed by atoms with Crippen LogP contribution in [0.15, 0.2) is 18.7 Å². The van der Waals surface area contributed by atoms with Crippen molar-refractivity contribution in [3.8, 4) is 0 Å². The van der Waals surface area contributed by atoms with Crippen LogP contribution in [-0.4, -0.2) is 9.97 Å². The van der Waals surface area contributed by atoms with E-state index in [1.807, 2.05) is 0 Å². The van der Waals surface area contributed by atoms with Gasteiger partial charge in [0, 0.05) is 28.9 Å². The van der Waals surface area contributed by atoms with Crippen LogP contribution in [0.2, 0.25) is 0 Å². The maximum Gasteiger partial charge on any atom is 0.0919 e. The average molecular weight is 127 g/mol. The third-order valence-electron chi connectivity index (χ3n) is 0.406. The van der Waals surface area contributed by atoms with E-state index in [0.717, 1.165) is 0 Å². The SMILES string of the molecule is [Ni].c1c[nH]cn1. The Bertz CT molecular complexity index is 65.3. The Labute approximate surface area is 45.9 Å². The Morgan fingerprint density at radius 1 is 1.50 bits per heavy atom. The zero-order valence-electron chi connectivity index (χ0n) is 3.00. The first kappa shape index (κ1) is 5.70. The van der Waals surface area contributed by atoms with E-state index in [1.54, 1.807) is 18.7 Å². The second-order valence-corrected chi connectivity index (χ2v) is 0.761. The van der Waals surface area contributed by atoms with Gasteiger partial charge in [0.15, 0.2) is 0 Å². The fourth-order valence-corrected chi connectivity index (χ4v) is 0.215. The first-order valence-corrected chi connectivity index (χ1v) is 1.43. The summed E-state index contributed by atoms with van der Waals surface area (Å²) >= 11 is 0. The van der Waals surface area contributed by atoms with Gasteiger partial charge < -0.3 is 4.98 Å². The van der Waals surface area contributed by atoms with Crippen molar-refractivity contribution in [2.24, 2.45) is 0 Å². The molecule has 0 saturated carbocycles. The van der Waals surface area contributed by atoms with Gasteiger partial charge in [0.1, 0.15) is 0 Å². The van der Waals surface area contributed by atoms with Gasteiger partial charge in [0.05, 0.1) is 6.33 Å². The predicted octanol–water partition coefficient (Wildman–Crippen LogP) is 0.407. The number of aromatic amines is 1. The molecule has 1 heterocycles. The topological polar surface area (TPSA) is 28.7 Å². The predicted molar refractivity (Wildman–Crippen MR) is 18.6 cm³/mol. The first-order chi connectivity index (χ1) is 2.50. The van der Waals surface area contributed by atoms with E-state index < -0.39 is 0 Å². The zero-order valence-corrected chi connectivity index (χ0v) is 3.98. The fourth-order valence-electron chi connectivity index (χ4n) is 0.215. The van der Waals surface area contributed by atoms with Crippen molar-refractivity contribution in [2.75, 3.05) is 0 Å². The van der Waals surface area contributed by atoms with Crippen LogP contribution in [0, 0.1) is 0 Å². The number of rotatable bonds is 0. The first-order valence-electron chi connectivity index (χ1n) is 1.43. The minimum Gasteiger partial charge on any atom is -0.351 e. The molecule has 0 saturated heterocycles. The second kappa shape index (κ2) is 2.92. The summed E-state index contributed by atoms with van der Waals surface area (Å²) in [6.45, 7) is 0. The molecule has 36 valence electrons. The standard InChI is InChI=1S/C3H4N2.Ni/c1-2-5-3-4-1;/h1-3H,(H,4,5);. The molecule has 0 unspecified atom stereocenters. The van der Waals surface area contributed by atoms with E-state index in [9.17, 15) is 0 Å². The molecule has 0 atom stereocenters. The van der Waals surface area contributed by atoms with Gasteiger partial charge in [-0.3, -0.25) is 0 Å². The number of nitrogens with zero attached hydrogens (tertiary/aromatic N) is 1. The molecule has 3 heteroatoms. The molecule has 0 spiro atoms. The Kier molecular flexibility index (Phi) is 2.77.